The fourth-order valence-corrected chi connectivity index (χ4v) is 3.57. The number of amides is 2. The molecule has 1 aliphatic heterocycles. The Hall–Kier alpha value is -1.65. The molecule has 1 heterocycles. The number of nitrogens with one attached hydrogen (secondary N) is 1. The molecule has 0 saturated carbocycles. The van der Waals surface area contributed by atoms with Gasteiger partial charge in [0.25, 0.3) is 0 Å². The molecule has 22 heavy (non-hydrogen) atoms. The van der Waals surface area contributed by atoms with Gasteiger partial charge in [0, 0.05) is 11.4 Å². The van der Waals surface area contributed by atoms with Crippen LogP contribution in [0.1, 0.15) is 12.5 Å². The normalized spacial score (nSPS) is 18.6. The van der Waals surface area contributed by atoms with Crippen LogP contribution < -0.4 is 5.32 Å². The third kappa shape index (κ3) is 3.76. The van der Waals surface area contributed by atoms with Crippen molar-refractivity contribution in [2.24, 2.45) is 0 Å². The molecule has 2 atom stereocenters. The first-order valence-electron chi connectivity index (χ1n) is 6.79. The first-order valence-corrected chi connectivity index (χ1v) is 9.23. The van der Waals surface area contributed by atoms with Crippen molar-refractivity contribution in [1.82, 2.24) is 4.90 Å². The lowest BCUT2D eigenvalue weighted by molar-refractivity contribution is -0.135. The minimum Gasteiger partial charge on any atom is -0.324 e. The number of hydrogen-bond acceptors (Lipinski definition) is 5. The van der Waals surface area contributed by atoms with Gasteiger partial charge in [-0.1, -0.05) is 0 Å². The summed E-state index contributed by atoms with van der Waals surface area (Å²) >= 11 is 3.06. The Morgan fingerprint density at radius 2 is 2.14 bits per heavy atom. The van der Waals surface area contributed by atoms with Gasteiger partial charge < -0.3 is 10.2 Å². The largest absolute Gasteiger partial charge is 0.324 e. The molecule has 0 spiro atoms. The van der Waals surface area contributed by atoms with Crippen LogP contribution in [0.2, 0.25) is 0 Å². The second-order valence-electron chi connectivity index (χ2n) is 4.88. The van der Waals surface area contributed by atoms with Crippen LogP contribution in [-0.4, -0.2) is 45.9 Å². The molecule has 0 bridgehead atoms. The van der Waals surface area contributed by atoms with Gasteiger partial charge in [0.2, 0.25) is 11.8 Å². The molecule has 116 valence electrons. The lowest BCUT2D eigenvalue weighted by atomic mass is 10.2. The quantitative estimate of drug-likeness (QED) is 0.913. The van der Waals surface area contributed by atoms with E-state index in [4.69, 9.17) is 5.26 Å². The first kappa shape index (κ1) is 16.7. The molecule has 1 aliphatic rings. The molecule has 1 saturated heterocycles. The monoisotopic (exact) mass is 335 g/mol. The van der Waals surface area contributed by atoms with Crippen LogP contribution in [0.5, 0.6) is 0 Å². The van der Waals surface area contributed by atoms with Gasteiger partial charge in [-0.2, -0.15) is 17.0 Å². The van der Waals surface area contributed by atoms with Crippen LogP contribution in [-0.2, 0) is 9.59 Å². The molecular formula is C15H17N3O2S2. The van der Waals surface area contributed by atoms with E-state index in [9.17, 15) is 9.59 Å². The van der Waals surface area contributed by atoms with Gasteiger partial charge in [-0.3, -0.25) is 9.59 Å². The SMILES string of the molecule is CS[C@H](C)C(=O)N1CSC[C@@H]1C(=O)Nc1ccc(C#N)cc1. The van der Waals surface area contributed by atoms with Crippen molar-refractivity contribution in [2.45, 2.75) is 18.2 Å². The fraction of sp³-hybridized carbons (Fsp3) is 0.400. The minimum atomic E-state index is -0.442. The van der Waals surface area contributed by atoms with Crippen LogP contribution in [0.25, 0.3) is 0 Å². The Kier molecular flexibility index (Phi) is 5.75. The highest BCUT2D eigenvalue weighted by Gasteiger charge is 2.36. The zero-order chi connectivity index (χ0) is 16.1. The Morgan fingerprint density at radius 1 is 1.45 bits per heavy atom. The number of rotatable bonds is 4. The number of nitrogens with zero attached hydrogens (tertiary/aromatic N) is 2. The maximum Gasteiger partial charge on any atom is 0.248 e. The van der Waals surface area contributed by atoms with Crippen molar-refractivity contribution >= 4 is 41.0 Å². The highest BCUT2D eigenvalue weighted by molar-refractivity contribution is 8.00. The molecule has 1 N–H and O–H groups in total. The molecule has 0 radical (unpaired) electrons. The van der Waals surface area contributed by atoms with Crippen LogP contribution in [0.3, 0.4) is 0 Å². The molecule has 1 fully saturated rings. The maximum absolute atomic E-state index is 12.4. The van der Waals surface area contributed by atoms with Crippen molar-refractivity contribution in [1.29, 1.82) is 5.26 Å². The third-order valence-corrected chi connectivity index (χ3v) is 5.37. The molecule has 2 amide bonds. The summed E-state index contributed by atoms with van der Waals surface area (Å²) in [6.07, 6.45) is 1.89. The molecule has 5 nitrogen and oxygen atoms in total. The van der Waals surface area contributed by atoms with Crippen LogP contribution in [0.15, 0.2) is 24.3 Å². The summed E-state index contributed by atoms with van der Waals surface area (Å²) in [6, 6.07) is 8.27. The number of carbonyl (C=O) groups excluding carboxylic acids is 2. The topological polar surface area (TPSA) is 73.2 Å². The van der Waals surface area contributed by atoms with Crippen LogP contribution >= 0.6 is 23.5 Å². The summed E-state index contributed by atoms with van der Waals surface area (Å²) in [5.41, 5.74) is 1.17. The van der Waals surface area contributed by atoms with E-state index in [1.54, 1.807) is 40.9 Å². The standard InChI is InChI=1S/C15H17N3O2S2/c1-10(21-2)15(20)18-9-22-8-13(18)14(19)17-12-5-3-11(7-16)4-6-12/h3-6,10,13H,8-9H2,1-2H3,(H,17,19)/t10-,13-/m1/s1. The van der Waals surface area contributed by atoms with Crippen molar-refractivity contribution < 1.29 is 9.59 Å². The number of benzene rings is 1. The van der Waals surface area contributed by atoms with Gasteiger partial charge in [0.15, 0.2) is 0 Å². The van der Waals surface area contributed by atoms with Crippen molar-refractivity contribution in [2.75, 3.05) is 23.2 Å². The molecule has 7 heteroatoms. The summed E-state index contributed by atoms with van der Waals surface area (Å²) in [5.74, 6) is 0.971. The molecule has 1 aromatic rings. The average Bonchev–Trinajstić information content (AvgIpc) is 3.03. The molecule has 0 aromatic heterocycles. The fourth-order valence-electron chi connectivity index (χ4n) is 2.07. The van der Waals surface area contributed by atoms with Gasteiger partial charge in [0.1, 0.15) is 6.04 Å². The predicted molar refractivity (Wildman–Crippen MR) is 90.7 cm³/mol. The van der Waals surface area contributed by atoms with E-state index >= 15 is 0 Å². The molecule has 2 rings (SSSR count). The van der Waals surface area contributed by atoms with E-state index in [-0.39, 0.29) is 17.1 Å². The summed E-state index contributed by atoms with van der Waals surface area (Å²) < 4.78 is 0. The summed E-state index contributed by atoms with van der Waals surface area (Å²) in [4.78, 5) is 26.4. The molecule has 0 unspecified atom stereocenters. The first-order chi connectivity index (χ1) is 10.6. The average molecular weight is 335 g/mol. The Labute approximate surface area is 138 Å². The van der Waals surface area contributed by atoms with E-state index in [0.717, 1.165) is 0 Å². The molecule has 1 aromatic carbocycles. The van der Waals surface area contributed by atoms with E-state index in [2.05, 4.69) is 5.32 Å². The minimum absolute atomic E-state index is 0.00233. The van der Waals surface area contributed by atoms with E-state index < -0.39 is 6.04 Å². The summed E-state index contributed by atoms with van der Waals surface area (Å²) in [6.45, 7) is 1.85. The van der Waals surface area contributed by atoms with Gasteiger partial charge in [-0.25, -0.2) is 0 Å². The lowest BCUT2D eigenvalue weighted by Crippen LogP contribution is -2.47. The third-order valence-electron chi connectivity index (χ3n) is 3.45. The van der Waals surface area contributed by atoms with Crippen LogP contribution in [0, 0.1) is 11.3 Å². The Morgan fingerprint density at radius 3 is 2.73 bits per heavy atom. The van der Waals surface area contributed by atoms with Crippen molar-refractivity contribution in [3.8, 4) is 6.07 Å². The van der Waals surface area contributed by atoms with Gasteiger partial charge >= 0.3 is 0 Å². The van der Waals surface area contributed by atoms with E-state index in [1.165, 1.54) is 11.8 Å². The molecular weight excluding hydrogens is 318 g/mol. The second-order valence-corrected chi connectivity index (χ2v) is 7.06. The number of anilines is 1. The van der Waals surface area contributed by atoms with Gasteiger partial charge in [0.05, 0.1) is 22.8 Å². The molecule has 0 aliphatic carbocycles. The lowest BCUT2D eigenvalue weighted by Gasteiger charge is -2.25. The number of nitriles is 1. The number of carbonyl (C=O) groups is 2. The van der Waals surface area contributed by atoms with Crippen molar-refractivity contribution in [3.05, 3.63) is 29.8 Å². The smallest absolute Gasteiger partial charge is 0.248 e. The van der Waals surface area contributed by atoms with E-state index in [0.29, 0.717) is 22.9 Å². The maximum atomic E-state index is 12.4. The van der Waals surface area contributed by atoms with E-state index in [1.807, 2.05) is 19.2 Å². The summed E-state index contributed by atoms with van der Waals surface area (Å²) in [5, 5.41) is 11.4. The number of thioether (sulfide) groups is 2. The zero-order valence-corrected chi connectivity index (χ0v) is 14.0. The summed E-state index contributed by atoms with van der Waals surface area (Å²) in [7, 11) is 0. The highest BCUT2D eigenvalue weighted by atomic mass is 32.2. The number of hydrogen-bond donors (Lipinski definition) is 1. The predicted octanol–water partition coefficient (Wildman–Crippen LogP) is 2.15. The van der Waals surface area contributed by atoms with Crippen molar-refractivity contribution in [3.63, 3.8) is 0 Å². The Balaban J connectivity index is 2.04. The van der Waals surface area contributed by atoms with Gasteiger partial charge in [-0.15, -0.1) is 11.8 Å². The zero-order valence-electron chi connectivity index (χ0n) is 12.4. The Bertz CT molecular complexity index is 598. The second kappa shape index (κ2) is 7.56. The van der Waals surface area contributed by atoms with Gasteiger partial charge in [-0.05, 0) is 37.4 Å². The van der Waals surface area contributed by atoms with Crippen LogP contribution in [0.4, 0.5) is 5.69 Å². The highest BCUT2D eigenvalue weighted by Crippen LogP contribution is 2.25.